The first-order valence-corrected chi connectivity index (χ1v) is 6.16. The molecule has 2 N–H and O–H groups in total. The first-order valence-electron chi connectivity index (χ1n) is 6.16. The van der Waals surface area contributed by atoms with E-state index >= 15 is 0 Å². The summed E-state index contributed by atoms with van der Waals surface area (Å²) in [5.41, 5.74) is 1.67. The molecule has 2 rings (SSSR count). The van der Waals surface area contributed by atoms with Crippen LogP contribution in [0.4, 0.5) is 0 Å². The van der Waals surface area contributed by atoms with Crippen molar-refractivity contribution in [3.8, 4) is 0 Å². The van der Waals surface area contributed by atoms with Gasteiger partial charge in [0, 0.05) is 11.6 Å². The fourth-order valence-corrected chi connectivity index (χ4v) is 2.39. The SMILES string of the molecule is Cc1cccc(C(=O)NC2CCC(C(=O)O)C2)c1. The molecular weight excluding hydrogens is 230 g/mol. The Hall–Kier alpha value is -1.84. The summed E-state index contributed by atoms with van der Waals surface area (Å²) in [6.45, 7) is 1.94. The normalized spacial score (nSPS) is 22.7. The molecule has 1 aliphatic carbocycles. The van der Waals surface area contributed by atoms with Gasteiger partial charge in [0.2, 0.25) is 0 Å². The highest BCUT2D eigenvalue weighted by atomic mass is 16.4. The van der Waals surface area contributed by atoms with Crippen LogP contribution in [0, 0.1) is 12.8 Å². The van der Waals surface area contributed by atoms with E-state index in [1.54, 1.807) is 6.07 Å². The smallest absolute Gasteiger partial charge is 0.306 e. The minimum atomic E-state index is -0.762. The first kappa shape index (κ1) is 12.6. The Morgan fingerprint density at radius 3 is 2.72 bits per heavy atom. The van der Waals surface area contributed by atoms with E-state index in [0.29, 0.717) is 18.4 Å². The number of carboxylic acids is 1. The van der Waals surface area contributed by atoms with Crippen molar-refractivity contribution in [3.63, 3.8) is 0 Å². The Labute approximate surface area is 106 Å². The summed E-state index contributed by atoms with van der Waals surface area (Å²) in [5.74, 6) is -1.19. The van der Waals surface area contributed by atoms with E-state index in [9.17, 15) is 9.59 Å². The van der Waals surface area contributed by atoms with Crippen LogP contribution in [-0.4, -0.2) is 23.0 Å². The third-order valence-corrected chi connectivity index (χ3v) is 3.40. The van der Waals surface area contributed by atoms with Gasteiger partial charge in [-0.05, 0) is 38.3 Å². The van der Waals surface area contributed by atoms with Gasteiger partial charge in [0.1, 0.15) is 0 Å². The summed E-state index contributed by atoms with van der Waals surface area (Å²) in [4.78, 5) is 22.8. The molecule has 0 aliphatic heterocycles. The zero-order valence-corrected chi connectivity index (χ0v) is 10.3. The number of aliphatic carboxylic acids is 1. The average molecular weight is 247 g/mol. The largest absolute Gasteiger partial charge is 0.481 e. The lowest BCUT2D eigenvalue weighted by atomic mass is 10.1. The van der Waals surface area contributed by atoms with Gasteiger partial charge in [-0.1, -0.05) is 17.7 Å². The van der Waals surface area contributed by atoms with E-state index in [2.05, 4.69) is 5.32 Å². The number of carbonyl (C=O) groups excluding carboxylic acids is 1. The minimum absolute atomic E-state index is 0.0147. The number of nitrogens with one attached hydrogen (secondary N) is 1. The topological polar surface area (TPSA) is 66.4 Å². The molecule has 0 heterocycles. The molecule has 0 aromatic heterocycles. The zero-order chi connectivity index (χ0) is 13.1. The van der Waals surface area contributed by atoms with Gasteiger partial charge in [0.25, 0.3) is 5.91 Å². The Bertz CT molecular complexity index is 470. The lowest BCUT2D eigenvalue weighted by molar-refractivity contribution is -0.141. The molecule has 0 radical (unpaired) electrons. The standard InChI is InChI=1S/C14H17NO3/c1-9-3-2-4-10(7-9)13(16)15-12-6-5-11(8-12)14(17)18/h2-4,7,11-12H,5-6,8H2,1H3,(H,15,16)(H,17,18). The molecule has 1 fully saturated rings. The summed E-state index contributed by atoms with van der Waals surface area (Å²) in [7, 11) is 0. The van der Waals surface area contributed by atoms with E-state index < -0.39 is 5.97 Å². The van der Waals surface area contributed by atoms with Gasteiger partial charge < -0.3 is 10.4 Å². The van der Waals surface area contributed by atoms with Crippen LogP contribution in [0.3, 0.4) is 0 Å². The van der Waals surface area contributed by atoms with Crippen LogP contribution in [0.2, 0.25) is 0 Å². The molecule has 0 saturated heterocycles. The van der Waals surface area contributed by atoms with Crippen LogP contribution in [0.25, 0.3) is 0 Å². The van der Waals surface area contributed by atoms with Crippen LogP contribution >= 0.6 is 0 Å². The highest BCUT2D eigenvalue weighted by Gasteiger charge is 2.30. The van der Waals surface area contributed by atoms with Crippen molar-refractivity contribution in [1.82, 2.24) is 5.32 Å². The minimum Gasteiger partial charge on any atom is -0.481 e. The molecule has 2 unspecified atom stereocenters. The second-order valence-electron chi connectivity index (χ2n) is 4.89. The number of rotatable bonds is 3. The van der Waals surface area contributed by atoms with E-state index in [1.807, 2.05) is 25.1 Å². The van der Waals surface area contributed by atoms with Crippen LogP contribution in [-0.2, 0) is 4.79 Å². The van der Waals surface area contributed by atoms with Crippen LogP contribution in [0.15, 0.2) is 24.3 Å². The van der Waals surface area contributed by atoms with Crippen molar-refractivity contribution in [3.05, 3.63) is 35.4 Å². The molecule has 1 aromatic rings. The molecule has 0 spiro atoms. The molecule has 2 atom stereocenters. The Morgan fingerprint density at radius 1 is 1.33 bits per heavy atom. The molecule has 4 nitrogen and oxygen atoms in total. The van der Waals surface area contributed by atoms with Crippen LogP contribution in [0.5, 0.6) is 0 Å². The number of aryl methyl sites for hydroxylation is 1. The maximum Gasteiger partial charge on any atom is 0.306 e. The Balaban J connectivity index is 1.95. The molecule has 1 aromatic carbocycles. The molecule has 96 valence electrons. The number of benzene rings is 1. The van der Waals surface area contributed by atoms with E-state index in [0.717, 1.165) is 12.0 Å². The number of carboxylic acid groups (broad SMARTS) is 1. The van der Waals surface area contributed by atoms with Gasteiger partial charge in [0.15, 0.2) is 0 Å². The second kappa shape index (κ2) is 5.21. The molecule has 4 heteroatoms. The predicted octanol–water partition coefficient (Wildman–Crippen LogP) is 1.98. The average Bonchev–Trinajstić information content (AvgIpc) is 2.77. The molecule has 0 bridgehead atoms. The van der Waals surface area contributed by atoms with Crippen molar-refractivity contribution in [1.29, 1.82) is 0 Å². The fourth-order valence-electron chi connectivity index (χ4n) is 2.39. The summed E-state index contributed by atoms with van der Waals surface area (Å²) < 4.78 is 0. The third kappa shape index (κ3) is 2.88. The summed E-state index contributed by atoms with van der Waals surface area (Å²) in [6, 6.07) is 7.37. The molecule has 18 heavy (non-hydrogen) atoms. The van der Waals surface area contributed by atoms with Gasteiger partial charge in [0.05, 0.1) is 5.92 Å². The van der Waals surface area contributed by atoms with Gasteiger partial charge in [-0.15, -0.1) is 0 Å². The maximum atomic E-state index is 12.0. The number of amides is 1. The lowest BCUT2D eigenvalue weighted by Crippen LogP contribution is -2.33. The van der Waals surface area contributed by atoms with Gasteiger partial charge in [-0.2, -0.15) is 0 Å². The van der Waals surface area contributed by atoms with Crippen molar-refractivity contribution in [2.24, 2.45) is 5.92 Å². The highest BCUT2D eigenvalue weighted by molar-refractivity contribution is 5.94. The van der Waals surface area contributed by atoms with Gasteiger partial charge in [-0.25, -0.2) is 0 Å². The highest BCUT2D eigenvalue weighted by Crippen LogP contribution is 2.25. The quantitative estimate of drug-likeness (QED) is 0.858. The van der Waals surface area contributed by atoms with Crippen molar-refractivity contribution < 1.29 is 14.7 Å². The third-order valence-electron chi connectivity index (χ3n) is 3.40. The summed E-state index contributed by atoms with van der Waals surface area (Å²) in [6.07, 6.45) is 1.93. The van der Waals surface area contributed by atoms with Crippen molar-refractivity contribution in [2.45, 2.75) is 32.2 Å². The molecule has 1 amide bonds. The second-order valence-corrected chi connectivity index (χ2v) is 4.89. The molecule has 1 saturated carbocycles. The summed E-state index contributed by atoms with van der Waals surface area (Å²) in [5, 5.41) is 11.8. The molecule has 1 aliphatic rings. The Kier molecular flexibility index (Phi) is 3.65. The van der Waals surface area contributed by atoms with Crippen LogP contribution < -0.4 is 5.32 Å². The predicted molar refractivity (Wildman–Crippen MR) is 67.4 cm³/mol. The monoisotopic (exact) mass is 247 g/mol. The Morgan fingerprint density at radius 2 is 2.11 bits per heavy atom. The van der Waals surface area contributed by atoms with Crippen molar-refractivity contribution >= 4 is 11.9 Å². The van der Waals surface area contributed by atoms with Gasteiger partial charge in [-0.3, -0.25) is 9.59 Å². The van der Waals surface area contributed by atoms with Crippen LogP contribution in [0.1, 0.15) is 35.2 Å². The van der Waals surface area contributed by atoms with E-state index in [-0.39, 0.29) is 17.9 Å². The van der Waals surface area contributed by atoms with E-state index in [4.69, 9.17) is 5.11 Å². The van der Waals surface area contributed by atoms with E-state index in [1.165, 1.54) is 0 Å². The number of hydrogen-bond donors (Lipinski definition) is 2. The fraction of sp³-hybridized carbons (Fsp3) is 0.429. The van der Waals surface area contributed by atoms with Gasteiger partial charge >= 0.3 is 5.97 Å². The maximum absolute atomic E-state index is 12.0. The zero-order valence-electron chi connectivity index (χ0n) is 10.3. The number of hydrogen-bond acceptors (Lipinski definition) is 2. The number of carbonyl (C=O) groups is 2. The molecular formula is C14H17NO3. The summed E-state index contributed by atoms with van der Waals surface area (Å²) >= 11 is 0. The van der Waals surface area contributed by atoms with Crippen molar-refractivity contribution in [2.75, 3.05) is 0 Å². The lowest BCUT2D eigenvalue weighted by Gasteiger charge is -2.12. The first-order chi connectivity index (χ1) is 8.56.